The average Bonchev–Trinajstić information content (AvgIpc) is 3.17. The molecule has 2 aromatic heterocycles. The van der Waals surface area contributed by atoms with Crippen LogP contribution in [0.25, 0.3) is 33.9 Å². The highest BCUT2D eigenvalue weighted by Crippen LogP contribution is 2.27. The van der Waals surface area contributed by atoms with Crippen LogP contribution in [0.3, 0.4) is 0 Å². The van der Waals surface area contributed by atoms with Crippen molar-refractivity contribution in [3.05, 3.63) is 58.0 Å². The third-order valence-electron chi connectivity index (χ3n) is 3.89. The fourth-order valence-electron chi connectivity index (χ4n) is 2.74. The van der Waals surface area contributed by atoms with Crippen molar-refractivity contribution in [2.45, 2.75) is 19.9 Å². The molecular formula is C18H14ClN3O3. The number of oxazole rings is 1. The summed E-state index contributed by atoms with van der Waals surface area (Å²) in [7, 11) is 0. The Balaban J connectivity index is 1.77. The van der Waals surface area contributed by atoms with E-state index >= 15 is 0 Å². The van der Waals surface area contributed by atoms with E-state index < -0.39 is 0 Å². The lowest BCUT2D eigenvalue weighted by Crippen LogP contribution is -2.15. The quantitative estimate of drug-likeness (QED) is 0.539. The molecule has 0 atom stereocenters. The first kappa shape index (κ1) is 15.7. The van der Waals surface area contributed by atoms with Crippen molar-refractivity contribution in [2.24, 2.45) is 0 Å². The molecule has 0 saturated heterocycles. The van der Waals surface area contributed by atoms with Crippen molar-refractivity contribution in [3.63, 3.8) is 0 Å². The zero-order valence-electron chi connectivity index (χ0n) is 13.6. The lowest BCUT2D eigenvalue weighted by atomic mass is 10.2. The molecule has 0 aliphatic rings. The molecule has 4 rings (SSSR count). The van der Waals surface area contributed by atoms with Crippen LogP contribution in [-0.4, -0.2) is 14.7 Å². The van der Waals surface area contributed by atoms with E-state index in [2.05, 4.69) is 10.1 Å². The smallest absolute Gasteiger partial charge is 0.408 e. The van der Waals surface area contributed by atoms with Gasteiger partial charge in [0.05, 0.1) is 5.52 Å². The highest BCUT2D eigenvalue weighted by Gasteiger charge is 2.15. The van der Waals surface area contributed by atoms with Gasteiger partial charge in [-0.3, -0.25) is 4.57 Å². The van der Waals surface area contributed by atoms with Crippen molar-refractivity contribution >= 4 is 22.7 Å². The van der Waals surface area contributed by atoms with Crippen LogP contribution in [0.2, 0.25) is 5.02 Å². The fraction of sp³-hybridized carbons (Fsp3) is 0.167. The van der Waals surface area contributed by atoms with Gasteiger partial charge in [-0.05, 0) is 50.2 Å². The monoisotopic (exact) mass is 355 g/mol. The van der Waals surface area contributed by atoms with Crippen molar-refractivity contribution in [1.82, 2.24) is 14.7 Å². The van der Waals surface area contributed by atoms with Gasteiger partial charge >= 0.3 is 5.76 Å². The maximum absolute atomic E-state index is 12.0. The number of fused-ring (bicyclic) bond motifs is 1. The van der Waals surface area contributed by atoms with E-state index in [0.717, 1.165) is 11.1 Å². The molecule has 7 heteroatoms. The van der Waals surface area contributed by atoms with Crippen molar-refractivity contribution in [2.75, 3.05) is 0 Å². The summed E-state index contributed by atoms with van der Waals surface area (Å²) in [6, 6.07) is 12.6. The molecule has 126 valence electrons. The number of halogens is 1. The van der Waals surface area contributed by atoms with Crippen LogP contribution in [0.15, 0.2) is 56.2 Å². The lowest BCUT2D eigenvalue weighted by molar-refractivity contribution is 0.432. The molecular weight excluding hydrogens is 342 g/mol. The molecule has 0 amide bonds. The van der Waals surface area contributed by atoms with Gasteiger partial charge in [0.2, 0.25) is 5.82 Å². The van der Waals surface area contributed by atoms with E-state index in [1.165, 1.54) is 0 Å². The number of rotatable bonds is 3. The second-order valence-corrected chi connectivity index (χ2v) is 6.38. The summed E-state index contributed by atoms with van der Waals surface area (Å²) in [5.74, 6) is 0.408. The first-order chi connectivity index (χ1) is 12.0. The van der Waals surface area contributed by atoms with Crippen LogP contribution < -0.4 is 5.76 Å². The molecule has 0 fully saturated rings. The summed E-state index contributed by atoms with van der Waals surface area (Å²) in [5.41, 5.74) is 2.67. The molecule has 0 spiro atoms. The van der Waals surface area contributed by atoms with Crippen LogP contribution in [0.1, 0.15) is 19.9 Å². The summed E-state index contributed by atoms with van der Waals surface area (Å²) >= 11 is 5.99. The first-order valence-corrected chi connectivity index (χ1v) is 8.16. The molecule has 0 saturated carbocycles. The highest BCUT2D eigenvalue weighted by atomic mass is 35.5. The molecule has 0 bridgehead atoms. The molecule has 0 N–H and O–H groups in total. The maximum Gasteiger partial charge on any atom is 0.420 e. The van der Waals surface area contributed by atoms with E-state index in [9.17, 15) is 4.79 Å². The molecule has 6 nitrogen and oxygen atoms in total. The Bertz CT molecular complexity index is 1120. The van der Waals surface area contributed by atoms with Gasteiger partial charge in [-0.1, -0.05) is 22.8 Å². The summed E-state index contributed by atoms with van der Waals surface area (Å²) in [6.45, 7) is 3.86. The molecule has 2 aromatic carbocycles. The number of hydrogen-bond donors (Lipinski definition) is 0. The van der Waals surface area contributed by atoms with Crippen LogP contribution >= 0.6 is 11.6 Å². The Morgan fingerprint density at radius 2 is 1.96 bits per heavy atom. The Labute approximate surface area is 147 Å². The van der Waals surface area contributed by atoms with E-state index in [1.54, 1.807) is 22.8 Å². The Kier molecular flexibility index (Phi) is 3.69. The molecule has 4 aromatic rings. The normalized spacial score (nSPS) is 11.5. The molecule has 0 unspecified atom stereocenters. The van der Waals surface area contributed by atoms with Gasteiger partial charge in [-0.25, -0.2) is 4.79 Å². The van der Waals surface area contributed by atoms with Crippen LogP contribution in [0.4, 0.5) is 0 Å². The van der Waals surface area contributed by atoms with E-state index in [0.29, 0.717) is 27.9 Å². The summed E-state index contributed by atoms with van der Waals surface area (Å²) in [5, 5.41) is 4.60. The van der Waals surface area contributed by atoms with Crippen LogP contribution in [0, 0.1) is 0 Å². The minimum absolute atomic E-state index is 0.0132. The van der Waals surface area contributed by atoms with Gasteiger partial charge < -0.3 is 8.94 Å². The first-order valence-electron chi connectivity index (χ1n) is 7.78. The summed E-state index contributed by atoms with van der Waals surface area (Å²) < 4.78 is 12.3. The number of benzene rings is 2. The molecule has 0 aliphatic heterocycles. The third-order valence-corrected chi connectivity index (χ3v) is 4.12. The van der Waals surface area contributed by atoms with E-state index in [1.807, 2.05) is 38.1 Å². The zero-order chi connectivity index (χ0) is 17.6. The second kappa shape index (κ2) is 5.89. The number of hydrogen-bond acceptors (Lipinski definition) is 5. The molecule has 0 radical (unpaired) electrons. The largest absolute Gasteiger partial charge is 0.420 e. The third kappa shape index (κ3) is 2.74. The molecule has 25 heavy (non-hydrogen) atoms. The Morgan fingerprint density at radius 1 is 1.12 bits per heavy atom. The van der Waals surface area contributed by atoms with Gasteiger partial charge in [-0.15, -0.1) is 0 Å². The summed E-state index contributed by atoms with van der Waals surface area (Å²) in [4.78, 5) is 16.4. The SMILES string of the molecule is CC(C)n1c(=O)oc2cc(-c3noc(-c4cccc(Cl)c4)n3)ccc21. The van der Waals surface area contributed by atoms with Gasteiger partial charge in [-0.2, -0.15) is 4.98 Å². The molecule has 0 aliphatic carbocycles. The van der Waals surface area contributed by atoms with Gasteiger partial charge in [0, 0.05) is 22.2 Å². The number of aromatic nitrogens is 3. The van der Waals surface area contributed by atoms with Crippen LogP contribution in [-0.2, 0) is 0 Å². The van der Waals surface area contributed by atoms with E-state index in [4.69, 9.17) is 20.5 Å². The average molecular weight is 356 g/mol. The van der Waals surface area contributed by atoms with Crippen LogP contribution in [0.5, 0.6) is 0 Å². The summed E-state index contributed by atoms with van der Waals surface area (Å²) in [6.07, 6.45) is 0. The molecule has 2 heterocycles. The van der Waals surface area contributed by atoms with Gasteiger partial charge in [0.15, 0.2) is 5.58 Å². The maximum atomic E-state index is 12.0. The predicted molar refractivity (Wildman–Crippen MR) is 94.6 cm³/mol. The lowest BCUT2D eigenvalue weighted by Gasteiger charge is -2.04. The van der Waals surface area contributed by atoms with E-state index in [-0.39, 0.29) is 11.8 Å². The van der Waals surface area contributed by atoms with Crippen molar-refractivity contribution < 1.29 is 8.94 Å². The number of nitrogens with zero attached hydrogens (tertiary/aromatic N) is 3. The van der Waals surface area contributed by atoms with Crippen molar-refractivity contribution in [3.8, 4) is 22.8 Å². The second-order valence-electron chi connectivity index (χ2n) is 5.95. The zero-order valence-corrected chi connectivity index (χ0v) is 14.3. The fourth-order valence-corrected chi connectivity index (χ4v) is 2.93. The minimum Gasteiger partial charge on any atom is -0.408 e. The topological polar surface area (TPSA) is 74.1 Å². The Hall–Kier alpha value is -2.86. The minimum atomic E-state index is -0.380. The highest BCUT2D eigenvalue weighted by molar-refractivity contribution is 6.30. The van der Waals surface area contributed by atoms with Crippen molar-refractivity contribution in [1.29, 1.82) is 0 Å². The Morgan fingerprint density at radius 3 is 2.72 bits per heavy atom. The van der Waals surface area contributed by atoms with Gasteiger partial charge in [0.25, 0.3) is 5.89 Å². The standard InChI is InChI=1S/C18H14ClN3O3/c1-10(2)22-14-7-6-11(9-15(14)24-18(22)23)16-20-17(25-21-16)12-4-3-5-13(19)8-12/h3-10H,1-2H3. The van der Waals surface area contributed by atoms with Gasteiger partial charge in [0.1, 0.15) is 0 Å². The predicted octanol–water partition coefficient (Wildman–Crippen LogP) is 4.55.